The molecule has 0 bridgehead atoms. The van der Waals surface area contributed by atoms with Crippen molar-refractivity contribution in [1.29, 1.82) is 0 Å². The lowest BCUT2D eigenvalue weighted by molar-refractivity contribution is 0.301. The van der Waals surface area contributed by atoms with E-state index in [1.807, 2.05) is 30.9 Å². The van der Waals surface area contributed by atoms with Crippen LogP contribution in [0.15, 0.2) is 71.9 Å². The van der Waals surface area contributed by atoms with Crippen LogP contribution in [-0.2, 0) is 19.6 Å². The molecule has 0 amide bonds. The average molecular weight is 387 g/mol. The molecule has 0 N–H and O–H groups in total. The second-order valence-electron chi connectivity index (χ2n) is 7.36. The van der Waals surface area contributed by atoms with Crippen LogP contribution in [0.2, 0.25) is 0 Å². The number of rotatable bonds is 8. The molecule has 0 fully saturated rings. The summed E-state index contributed by atoms with van der Waals surface area (Å²) in [5, 5.41) is 0. The summed E-state index contributed by atoms with van der Waals surface area (Å²) >= 11 is 0. The van der Waals surface area contributed by atoms with E-state index in [0.717, 1.165) is 36.4 Å². The molecular weight excluding hydrogens is 362 g/mol. The molecule has 148 valence electrons. The first-order chi connectivity index (χ1) is 14.2. The van der Waals surface area contributed by atoms with E-state index in [9.17, 15) is 0 Å². The van der Waals surface area contributed by atoms with Gasteiger partial charge in [-0.2, -0.15) is 0 Å². The van der Waals surface area contributed by atoms with Gasteiger partial charge in [-0.15, -0.1) is 0 Å². The topological polar surface area (TPSA) is 53.1 Å². The minimum atomic E-state index is 0.383. The fraction of sp³-hybridized carbons (Fsp3) is 0.250. The van der Waals surface area contributed by atoms with Crippen molar-refractivity contribution in [3.8, 4) is 17.2 Å². The van der Waals surface area contributed by atoms with Gasteiger partial charge < -0.3 is 13.7 Å². The summed E-state index contributed by atoms with van der Waals surface area (Å²) in [7, 11) is 0. The molecule has 0 atom stereocenters. The molecule has 4 aromatic rings. The van der Waals surface area contributed by atoms with Gasteiger partial charge in [0.2, 0.25) is 5.89 Å². The fourth-order valence-electron chi connectivity index (χ4n) is 3.40. The van der Waals surface area contributed by atoms with Crippen LogP contribution in [0.1, 0.15) is 28.8 Å². The number of nitrogens with zero attached hydrogens (tertiary/aromatic N) is 3. The van der Waals surface area contributed by atoms with E-state index in [4.69, 9.17) is 9.15 Å². The lowest BCUT2D eigenvalue weighted by atomic mass is 10.1. The third kappa shape index (κ3) is 5.13. The maximum absolute atomic E-state index is 5.87. The molecule has 0 aliphatic rings. The Morgan fingerprint density at radius 3 is 2.55 bits per heavy atom. The number of aromatic nitrogens is 3. The molecule has 2 aromatic carbocycles. The third-order valence-electron chi connectivity index (χ3n) is 4.77. The number of aryl methyl sites for hydroxylation is 4. The van der Waals surface area contributed by atoms with E-state index in [2.05, 4.69) is 58.7 Å². The molecular formula is C24H25N3O2. The number of oxazole rings is 1. The monoisotopic (exact) mass is 387 g/mol. The Hall–Kier alpha value is -3.34. The predicted molar refractivity (Wildman–Crippen MR) is 113 cm³/mol. The fourth-order valence-corrected chi connectivity index (χ4v) is 3.40. The zero-order valence-electron chi connectivity index (χ0n) is 16.8. The molecule has 5 heteroatoms. The van der Waals surface area contributed by atoms with Crippen molar-refractivity contribution >= 4 is 0 Å². The summed E-state index contributed by atoms with van der Waals surface area (Å²) in [5.74, 6) is 1.46. The minimum absolute atomic E-state index is 0.383. The molecule has 0 aliphatic carbocycles. The van der Waals surface area contributed by atoms with Gasteiger partial charge in [-0.1, -0.05) is 29.3 Å². The Morgan fingerprint density at radius 2 is 1.83 bits per heavy atom. The summed E-state index contributed by atoms with van der Waals surface area (Å²) in [6.07, 6.45) is 9.43. The Kier molecular flexibility index (Phi) is 5.75. The zero-order valence-corrected chi connectivity index (χ0v) is 16.8. The first-order valence-electron chi connectivity index (χ1n) is 9.86. The van der Waals surface area contributed by atoms with E-state index >= 15 is 0 Å². The zero-order chi connectivity index (χ0) is 20.1. The largest absolute Gasteiger partial charge is 0.487 e. The lowest BCUT2D eigenvalue weighted by Crippen LogP contribution is -1.98. The first kappa shape index (κ1) is 19.0. The summed E-state index contributed by atoms with van der Waals surface area (Å²) in [4.78, 5) is 8.63. The molecule has 0 unspecified atom stereocenters. The number of ether oxygens (including phenoxy) is 1. The smallest absolute Gasteiger partial charge is 0.226 e. The van der Waals surface area contributed by atoms with Crippen LogP contribution in [0, 0.1) is 13.8 Å². The maximum atomic E-state index is 5.87. The van der Waals surface area contributed by atoms with Gasteiger partial charge in [0.15, 0.2) is 0 Å². The summed E-state index contributed by atoms with van der Waals surface area (Å²) < 4.78 is 13.6. The highest BCUT2D eigenvalue weighted by Gasteiger charge is 2.08. The van der Waals surface area contributed by atoms with Gasteiger partial charge in [-0.05, 0) is 56.5 Å². The van der Waals surface area contributed by atoms with E-state index in [-0.39, 0.29) is 0 Å². The second kappa shape index (κ2) is 8.78. The number of hydrogen-bond acceptors (Lipinski definition) is 4. The average Bonchev–Trinajstić information content (AvgIpc) is 3.39. The van der Waals surface area contributed by atoms with Gasteiger partial charge in [0.1, 0.15) is 24.3 Å². The van der Waals surface area contributed by atoms with E-state index in [1.165, 1.54) is 16.7 Å². The molecule has 2 aromatic heterocycles. The Morgan fingerprint density at radius 1 is 1.03 bits per heavy atom. The molecule has 4 rings (SSSR count). The van der Waals surface area contributed by atoms with Gasteiger partial charge in [-0.25, -0.2) is 9.97 Å². The highest BCUT2D eigenvalue weighted by Crippen LogP contribution is 2.22. The molecule has 0 spiro atoms. The highest BCUT2D eigenvalue weighted by atomic mass is 16.5. The normalized spacial score (nSPS) is 11.0. The van der Waals surface area contributed by atoms with Crippen LogP contribution in [0.3, 0.4) is 0 Å². The highest BCUT2D eigenvalue weighted by molar-refractivity contribution is 5.56. The van der Waals surface area contributed by atoms with Gasteiger partial charge >= 0.3 is 0 Å². The van der Waals surface area contributed by atoms with Crippen LogP contribution in [0.25, 0.3) is 11.5 Å². The van der Waals surface area contributed by atoms with Crippen LogP contribution in [-0.4, -0.2) is 14.5 Å². The van der Waals surface area contributed by atoms with Crippen molar-refractivity contribution in [2.75, 3.05) is 0 Å². The van der Waals surface area contributed by atoms with Crippen LogP contribution in [0.5, 0.6) is 5.75 Å². The summed E-state index contributed by atoms with van der Waals surface area (Å²) in [5.41, 5.74) is 5.47. The molecule has 29 heavy (non-hydrogen) atoms. The van der Waals surface area contributed by atoms with Crippen LogP contribution >= 0.6 is 0 Å². The van der Waals surface area contributed by atoms with Crippen molar-refractivity contribution in [2.45, 2.75) is 39.8 Å². The van der Waals surface area contributed by atoms with Crippen molar-refractivity contribution in [3.05, 3.63) is 89.8 Å². The second-order valence-corrected chi connectivity index (χ2v) is 7.36. The maximum Gasteiger partial charge on any atom is 0.226 e. The van der Waals surface area contributed by atoms with Crippen molar-refractivity contribution in [1.82, 2.24) is 14.5 Å². The van der Waals surface area contributed by atoms with Gasteiger partial charge in [0.05, 0.1) is 6.33 Å². The third-order valence-corrected chi connectivity index (χ3v) is 4.77. The SMILES string of the molecule is Cc1cc(C)cc(-c2nc(COc3ccc(CCCn4ccnc4)cc3)co2)c1. The van der Waals surface area contributed by atoms with E-state index < -0.39 is 0 Å². The Balaban J connectivity index is 1.29. The molecule has 0 aliphatic heterocycles. The standard InChI is InChI=1S/C24H25N3O2/c1-18-12-19(2)14-21(13-18)24-26-22(16-29-24)15-28-23-7-5-20(6-8-23)4-3-10-27-11-9-25-17-27/h5-9,11-14,16-17H,3-4,10,15H2,1-2H3. The van der Waals surface area contributed by atoms with E-state index in [1.54, 1.807) is 6.26 Å². The van der Waals surface area contributed by atoms with Crippen molar-refractivity contribution in [2.24, 2.45) is 0 Å². The molecule has 2 heterocycles. The minimum Gasteiger partial charge on any atom is -0.487 e. The molecule has 0 radical (unpaired) electrons. The van der Waals surface area contributed by atoms with Gasteiger partial charge in [0.25, 0.3) is 0 Å². The molecule has 5 nitrogen and oxygen atoms in total. The van der Waals surface area contributed by atoms with E-state index in [0.29, 0.717) is 12.5 Å². The van der Waals surface area contributed by atoms with Crippen molar-refractivity contribution in [3.63, 3.8) is 0 Å². The number of benzene rings is 2. The number of imidazole rings is 1. The van der Waals surface area contributed by atoms with Gasteiger partial charge in [0, 0.05) is 24.5 Å². The van der Waals surface area contributed by atoms with Crippen molar-refractivity contribution < 1.29 is 9.15 Å². The molecule has 0 saturated carbocycles. The lowest BCUT2D eigenvalue weighted by Gasteiger charge is -2.06. The first-order valence-corrected chi connectivity index (χ1v) is 9.86. The summed E-state index contributed by atoms with van der Waals surface area (Å²) in [6, 6.07) is 14.6. The number of hydrogen-bond donors (Lipinski definition) is 0. The quantitative estimate of drug-likeness (QED) is 0.408. The van der Waals surface area contributed by atoms with Gasteiger partial charge in [-0.3, -0.25) is 0 Å². The molecule has 0 saturated heterocycles. The predicted octanol–water partition coefficient (Wildman–Crippen LogP) is 5.37. The summed E-state index contributed by atoms with van der Waals surface area (Å²) in [6.45, 7) is 5.51. The Bertz CT molecular complexity index is 1030. The van der Waals surface area contributed by atoms with Crippen LogP contribution in [0.4, 0.5) is 0 Å². The Labute approximate surface area is 171 Å². The van der Waals surface area contributed by atoms with Crippen LogP contribution < -0.4 is 4.74 Å².